The number of carbonyl (C=O) groups excluding carboxylic acids is 1. The largest absolute Gasteiger partial charge is 0.496 e. The number of hydrogen-bond donors (Lipinski definition) is 2. The van der Waals surface area contributed by atoms with Crippen LogP contribution in [0.3, 0.4) is 0 Å². The number of nitrogens with two attached hydrogens (primary N) is 1. The molecule has 0 saturated heterocycles. The summed E-state index contributed by atoms with van der Waals surface area (Å²) in [5, 5.41) is 11.9. The molecule has 1 aromatic carbocycles. The van der Waals surface area contributed by atoms with Crippen molar-refractivity contribution in [3.05, 3.63) is 29.3 Å². The van der Waals surface area contributed by atoms with E-state index < -0.39 is 0 Å². The summed E-state index contributed by atoms with van der Waals surface area (Å²) in [6.07, 6.45) is 0.292. The van der Waals surface area contributed by atoms with E-state index in [-0.39, 0.29) is 5.91 Å². The third kappa shape index (κ3) is 4.13. The number of primary amides is 1. The van der Waals surface area contributed by atoms with Gasteiger partial charge in [-0.05, 0) is 18.2 Å². The van der Waals surface area contributed by atoms with Gasteiger partial charge >= 0.3 is 0 Å². The molecule has 0 spiro atoms. The first kappa shape index (κ1) is 13.0. The number of amides is 1. The second-order valence-corrected chi connectivity index (χ2v) is 3.53. The van der Waals surface area contributed by atoms with Gasteiger partial charge in [-0.3, -0.25) is 4.79 Å². The van der Waals surface area contributed by atoms with Crippen molar-refractivity contribution in [2.75, 3.05) is 13.7 Å². The van der Waals surface area contributed by atoms with E-state index in [1.807, 2.05) is 0 Å². The van der Waals surface area contributed by atoms with Crippen LogP contribution in [0.4, 0.5) is 0 Å². The van der Waals surface area contributed by atoms with E-state index in [2.05, 4.69) is 11.4 Å². The van der Waals surface area contributed by atoms with E-state index >= 15 is 0 Å². The summed E-state index contributed by atoms with van der Waals surface area (Å²) in [5.74, 6) is 0.380. The summed E-state index contributed by atoms with van der Waals surface area (Å²) in [4.78, 5) is 10.5. The van der Waals surface area contributed by atoms with Crippen molar-refractivity contribution in [2.24, 2.45) is 5.73 Å². The highest BCUT2D eigenvalue weighted by atomic mass is 16.5. The van der Waals surface area contributed by atoms with Crippen LogP contribution in [0.5, 0.6) is 5.75 Å². The van der Waals surface area contributed by atoms with Gasteiger partial charge < -0.3 is 15.8 Å². The van der Waals surface area contributed by atoms with Crippen LogP contribution in [0.1, 0.15) is 17.5 Å². The smallest absolute Gasteiger partial charge is 0.218 e. The minimum absolute atomic E-state index is 0.292. The SMILES string of the molecule is COc1ccc(C#N)cc1CNCCC(N)=O. The molecular weight excluding hydrogens is 218 g/mol. The molecule has 0 heterocycles. The lowest BCUT2D eigenvalue weighted by molar-refractivity contribution is -0.117. The Balaban J connectivity index is 2.62. The number of rotatable bonds is 6. The Hall–Kier alpha value is -2.06. The lowest BCUT2D eigenvalue weighted by atomic mass is 10.1. The van der Waals surface area contributed by atoms with E-state index in [4.69, 9.17) is 15.7 Å². The quantitative estimate of drug-likeness (QED) is 0.701. The molecule has 17 heavy (non-hydrogen) atoms. The van der Waals surface area contributed by atoms with Gasteiger partial charge in [-0.2, -0.15) is 5.26 Å². The monoisotopic (exact) mass is 233 g/mol. The Kier molecular flexibility index (Phi) is 4.98. The fourth-order valence-corrected chi connectivity index (χ4v) is 1.42. The Labute approximate surface area is 100 Å². The maximum Gasteiger partial charge on any atom is 0.218 e. The van der Waals surface area contributed by atoms with E-state index in [9.17, 15) is 4.79 Å². The minimum Gasteiger partial charge on any atom is -0.496 e. The standard InChI is InChI=1S/C12H15N3O2/c1-17-11-3-2-9(7-13)6-10(11)8-15-5-4-12(14)16/h2-3,6,15H,4-5,8H2,1H3,(H2,14,16). The van der Waals surface area contributed by atoms with Gasteiger partial charge in [-0.15, -0.1) is 0 Å². The summed E-state index contributed by atoms with van der Waals surface area (Å²) < 4.78 is 5.18. The van der Waals surface area contributed by atoms with Crippen LogP contribution in [0.25, 0.3) is 0 Å². The molecule has 5 heteroatoms. The van der Waals surface area contributed by atoms with Crippen LogP contribution in [0.15, 0.2) is 18.2 Å². The minimum atomic E-state index is -0.338. The van der Waals surface area contributed by atoms with Gasteiger partial charge in [-0.1, -0.05) is 0 Å². The molecule has 0 atom stereocenters. The zero-order valence-corrected chi connectivity index (χ0v) is 9.69. The average Bonchev–Trinajstić information content (AvgIpc) is 2.34. The summed E-state index contributed by atoms with van der Waals surface area (Å²) >= 11 is 0. The zero-order chi connectivity index (χ0) is 12.7. The van der Waals surface area contributed by atoms with Gasteiger partial charge in [0.15, 0.2) is 0 Å². The molecule has 1 aromatic rings. The van der Waals surface area contributed by atoms with Gasteiger partial charge in [0.1, 0.15) is 5.75 Å². The normalized spacial score (nSPS) is 9.65. The summed E-state index contributed by atoms with van der Waals surface area (Å²) in [6, 6.07) is 7.28. The van der Waals surface area contributed by atoms with Crippen LogP contribution in [0, 0.1) is 11.3 Å². The highest BCUT2D eigenvalue weighted by Gasteiger charge is 2.04. The molecule has 0 bridgehead atoms. The van der Waals surface area contributed by atoms with E-state index in [1.54, 1.807) is 25.3 Å². The second kappa shape index (κ2) is 6.51. The lowest BCUT2D eigenvalue weighted by Gasteiger charge is -2.09. The maximum absolute atomic E-state index is 10.5. The van der Waals surface area contributed by atoms with Crippen molar-refractivity contribution >= 4 is 5.91 Å². The Bertz CT molecular complexity index is 438. The van der Waals surface area contributed by atoms with Crippen LogP contribution < -0.4 is 15.8 Å². The summed E-state index contributed by atoms with van der Waals surface area (Å²) in [5.41, 5.74) is 6.49. The second-order valence-electron chi connectivity index (χ2n) is 3.53. The molecule has 0 aromatic heterocycles. The van der Waals surface area contributed by atoms with Crippen molar-refractivity contribution in [2.45, 2.75) is 13.0 Å². The van der Waals surface area contributed by atoms with Crippen molar-refractivity contribution in [1.29, 1.82) is 5.26 Å². The number of nitriles is 1. The van der Waals surface area contributed by atoms with Crippen LogP contribution in [0.2, 0.25) is 0 Å². The van der Waals surface area contributed by atoms with Crippen molar-refractivity contribution in [3.8, 4) is 11.8 Å². The van der Waals surface area contributed by atoms with Crippen LogP contribution in [-0.4, -0.2) is 19.6 Å². The molecule has 1 amide bonds. The van der Waals surface area contributed by atoms with Crippen molar-refractivity contribution in [3.63, 3.8) is 0 Å². The molecule has 1 rings (SSSR count). The molecule has 5 nitrogen and oxygen atoms in total. The first-order valence-corrected chi connectivity index (χ1v) is 5.23. The number of methoxy groups -OCH3 is 1. The zero-order valence-electron chi connectivity index (χ0n) is 9.69. The molecule has 0 fully saturated rings. The highest BCUT2D eigenvalue weighted by Crippen LogP contribution is 2.19. The maximum atomic E-state index is 10.5. The lowest BCUT2D eigenvalue weighted by Crippen LogP contribution is -2.21. The number of ether oxygens (including phenoxy) is 1. The Morgan fingerprint density at radius 1 is 1.59 bits per heavy atom. The van der Waals surface area contributed by atoms with E-state index in [1.165, 1.54) is 0 Å². The summed E-state index contributed by atoms with van der Waals surface area (Å²) in [7, 11) is 1.58. The molecule has 0 aliphatic heterocycles. The van der Waals surface area contributed by atoms with Gasteiger partial charge in [0.2, 0.25) is 5.91 Å². The molecule has 0 saturated carbocycles. The molecule has 0 radical (unpaired) electrons. The third-order valence-electron chi connectivity index (χ3n) is 2.27. The topological polar surface area (TPSA) is 88.1 Å². The predicted octanol–water partition coefficient (Wildman–Crippen LogP) is 0.532. The number of nitrogens with zero attached hydrogens (tertiary/aromatic N) is 1. The van der Waals surface area contributed by atoms with Gasteiger partial charge in [0.25, 0.3) is 0 Å². The third-order valence-corrected chi connectivity index (χ3v) is 2.27. The number of nitrogens with one attached hydrogen (secondary N) is 1. The molecule has 90 valence electrons. The number of benzene rings is 1. The van der Waals surface area contributed by atoms with Crippen LogP contribution in [-0.2, 0) is 11.3 Å². The van der Waals surface area contributed by atoms with Gasteiger partial charge in [0, 0.05) is 25.1 Å². The van der Waals surface area contributed by atoms with E-state index in [0.29, 0.717) is 25.1 Å². The predicted molar refractivity (Wildman–Crippen MR) is 63.2 cm³/mol. The molecular formula is C12H15N3O2. The van der Waals surface area contributed by atoms with Gasteiger partial charge in [0.05, 0.1) is 18.7 Å². The van der Waals surface area contributed by atoms with Crippen molar-refractivity contribution in [1.82, 2.24) is 5.32 Å². The summed E-state index contributed by atoms with van der Waals surface area (Å²) in [6.45, 7) is 1.04. The molecule has 0 aliphatic rings. The van der Waals surface area contributed by atoms with Crippen molar-refractivity contribution < 1.29 is 9.53 Å². The first-order chi connectivity index (χ1) is 8.17. The number of carbonyl (C=O) groups is 1. The first-order valence-electron chi connectivity index (χ1n) is 5.23. The van der Waals surface area contributed by atoms with Gasteiger partial charge in [-0.25, -0.2) is 0 Å². The molecule has 0 unspecified atom stereocenters. The fraction of sp³-hybridized carbons (Fsp3) is 0.333. The number of hydrogen-bond acceptors (Lipinski definition) is 4. The average molecular weight is 233 g/mol. The fourth-order valence-electron chi connectivity index (χ4n) is 1.42. The van der Waals surface area contributed by atoms with Crippen LogP contribution >= 0.6 is 0 Å². The van der Waals surface area contributed by atoms with E-state index in [0.717, 1.165) is 11.3 Å². The molecule has 3 N–H and O–H groups in total. The highest BCUT2D eigenvalue weighted by molar-refractivity contribution is 5.73. The Morgan fingerprint density at radius 2 is 2.35 bits per heavy atom. The Morgan fingerprint density at radius 3 is 2.94 bits per heavy atom. The molecule has 0 aliphatic carbocycles.